The molecule has 0 fully saturated rings. The average Bonchev–Trinajstić information content (AvgIpc) is 2.91. The van der Waals surface area contributed by atoms with E-state index in [1.807, 2.05) is 18.2 Å². The molecule has 0 aliphatic carbocycles. The monoisotopic (exact) mass is 329 g/mol. The summed E-state index contributed by atoms with van der Waals surface area (Å²) in [5, 5.41) is 14.5. The van der Waals surface area contributed by atoms with Crippen LogP contribution in [-0.4, -0.2) is 25.7 Å². The highest BCUT2D eigenvalue weighted by Gasteiger charge is 2.21. The van der Waals surface area contributed by atoms with E-state index >= 15 is 0 Å². The maximum absolute atomic E-state index is 11.4. The highest BCUT2D eigenvalue weighted by molar-refractivity contribution is 6.30. The molecule has 1 N–H and O–H groups in total. The van der Waals surface area contributed by atoms with Crippen molar-refractivity contribution in [1.82, 2.24) is 14.6 Å². The second-order valence-corrected chi connectivity index (χ2v) is 6.82. The van der Waals surface area contributed by atoms with E-state index in [0.717, 1.165) is 11.3 Å². The van der Waals surface area contributed by atoms with Gasteiger partial charge in [-0.1, -0.05) is 44.5 Å². The van der Waals surface area contributed by atoms with Gasteiger partial charge in [0.1, 0.15) is 0 Å². The van der Waals surface area contributed by atoms with Gasteiger partial charge in [-0.3, -0.25) is 0 Å². The lowest BCUT2D eigenvalue weighted by atomic mass is 9.93. The lowest BCUT2D eigenvalue weighted by molar-refractivity contribution is 0.0690. The number of carboxylic acids is 1. The number of halogens is 1. The zero-order valence-electron chi connectivity index (χ0n) is 13.0. The Hall–Kier alpha value is -2.40. The fraction of sp³-hybridized carbons (Fsp3) is 0.235. The van der Waals surface area contributed by atoms with Crippen LogP contribution >= 0.6 is 11.6 Å². The predicted octanol–water partition coefficient (Wildman–Crippen LogP) is 4.05. The number of carbonyl (C=O) groups is 1. The molecule has 0 aliphatic rings. The summed E-state index contributed by atoms with van der Waals surface area (Å²) in [6.07, 6.45) is 0. The van der Waals surface area contributed by atoms with E-state index in [2.05, 4.69) is 30.9 Å². The van der Waals surface area contributed by atoms with Gasteiger partial charge in [0.2, 0.25) is 0 Å². The van der Waals surface area contributed by atoms with Crippen LogP contribution in [-0.2, 0) is 5.41 Å². The summed E-state index contributed by atoms with van der Waals surface area (Å²) in [6.45, 7) is 6.15. The van der Waals surface area contributed by atoms with Gasteiger partial charge < -0.3 is 5.11 Å². The van der Waals surface area contributed by atoms with Gasteiger partial charge >= 0.3 is 5.97 Å². The molecule has 5 nitrogen and oxygen atoms in total. The molecule has 0 spiro atoms. The highest BCUT2D eigenvalue weighted by atomic mass is 35.5. The number of hydrogen-bond donors (Lipinski definition) is 1. The summed E-state index contributed by atoms with van der Waals surface area (Å²) >= 11 is 5.93. The van der Waals surface area contributed by atoms with Crippen molar-refractivity contribution in [1.29, 1.82) is 0 Å². The van der Waals surface area contributed by atoms with Crippen molar-refractivity contribution in [3.63, 3.8) is 0 Å². The Labute approximate surface area is 138 Å². The van der Waals surface area contributed by atoms with Crippen LogP contribution in [0, 0.1) is 0 Å². The van der Waals surface area contributed by atoms with Crippen molar-refractivity contribution < 1.29 is 9.90 Å². The summed E-state index contributed by atoms with van der Waals surface area (Å²) in [7, 11) is 0. The normalized spacial score (nSPS) is 11.8. The minimum Gasteiger partial charge on any atom is -0.477 e. The van der Waals surface area contributed by atoms with Crippen molar-refractivity contribution in [3.05, 3.63) is 52.8 Å². The minimum atomic E-state index is -1.07. The number of hydrogen-bond acceptors (Lipinski definition) is 3. The standard InChI is InChI=1S/C17H16ClN3O2/c1-17(2,3)14-9-15-19-12(16(22)23)8-13(21(15)20-14)10-4-6-11(18)7-5-10/h4-9H,1-3H3,(H,22,23). The average molecular weight is 330 g/mol. The topological polar surface area (TPSA) is 67.5 Å². The van der Waals surface area contributed by atoms with Gasteiger partial charge in [-0.05, 0) is 18.2 Å². The van der Waals surface area contributed by atoms with E-state index in [1.165, 1.54) is 6.07 Å². The summed E-state index contributed by atoms with van der Waals surface area (Å²) in [5.74, 6) is -1.07. The largest absolute Gasteiger partial charge is 0.477 e. The third kappa shape index (κ3) is 2.92. The molecule has 3 rings (SSSR count). The third-order valence-corrected chi connectivity index (χ3v) is 3.81. The second-order valence-electron chi connectivity index (χ2n) is 6.39. The van der Waals surface area contributed by atoms with Gasteiger partial charge in [0.05, 0.1) is 11.4 Å². The van der Waals surface area contributed by atoms with E-state index in [-0.39, 0.29) is 11.1 Å². The molecule has 0 aliphatic heterocycles. The molecule has 0 atom stereocenters. The van der Waals surface area contributed by atoms with E-state index in [1.54, 1.807) is 16.6 Å². The molecule has 0 unspecified atom stereocenters. The Morgan fingerprint density at radius 3 is 2.39 bits per heavy atom. The molecule has 0 bridgehead atoms. The van der Waals surface area contributed by atoms with Gasteiger partial charge in [-0.25, -0.2) is 14.3 Å². The van der Waals surface area contributed by atoms with Crippen LogP contribution in [0.2, 0.25) is 5.02 Å². The number of aromatic carboxylic acids is 1. The number of carboxylic acid groups (broad SMARTS) is 1. The van der Waals surface area contributed by atoms with Crippen LogP contribution in [0.3, 0.4) is 0 Å². The van der Waals surface area contributed by atoms with E-state index in [0.29, 0.717) is 16.4 Å². The molecular formula is C17H16ClN3O2. The molecule has 0 amide bonds. The number of benzene rings is 1. The van der Waals surface area contributed by atoms with Crippen molar-refractivity contribution in [3.8, 4) is 11.3 Å². The van der Waals surface area contributed by atoms with Crippen LogP contribution in [0.25, 0.3) is 16.9 Å². The highest BCUT2D eigenvalue weighted by Crippen LogP contribution is 2.27. The van der Waals surface area contributed by atoms with Crippen LogP contribution in [0.5, 0.6) is 0 Å². The molecule has 0 radical (unpaired) electrons. The molecule has 0 saturated carbocycles. The molecule has 23 heavy (non-hydrogen) atoms. The van der Waals surface area contributed by atoms with Crippen LogP contribution < -0.4 is 0 Å². The van der Waals surface area contributed by atoms with Crippen molar-refractivity contribution >= 4 is 23.2 Å². The lowest BCUT2D eigenvalue weighted by Crippen LogP contribution is -2.12. The van der Waals surface area contributed by atoms with Gasteiger partial charge in [0.25, 0.3) is 0 Å². The Kier molecular flexibility index (Phi) is 3.60. The fourth-order valence-corrected chi connectivity index (χ4v) is 2.40. The Morgan fingerprint density at radius 2 is 1.83 bits per heavy atom. The third-order valence-electron chi connectivity index (χ3n) is 3.55. The van der Waals surface area contributed by atoms with E-state index in [4.69, 9.17) is 11.6 Å². The summed E-state index contributed by atoms with van der Waals surface area (Å²) in [5.41, 5.74) is 2.69. The zero-order chi connectivity index (χ0) is 16.8. The first-order valence-corrected chi connectivity index (χ1v) is 7.54. The zero-order valence-corrected chi connectivity index (χ0v) is 13.8. The van der Waals surface area contributed by atoms with Gasteiger partial charge in [0.15, 0.2) is 11.3 Å². The van der Waals surface area contributed by atoms with E-state index < -0.39 is 5.97 Å². The van der Waals surface area contributed by atoms with Crippen LogP contribution in [0.15, 0.2) is 36.4 Å². The number of rotatable bonds is 2. The van der Waals surface area contributed by atoms with E-state index in [9.17, 15) is 9.90 Å². The first-order chi connectivity index (χ1) is 10.8. The summed E-state index contributed by atoms with van der Waals surface area (Å²) < 4.78 is 1.68. The first kappa shape index (κ1) is 15.5. The first-order valence-electron chi connectivity index (χ1n) is 7.16. The Balaban J connectivity index is 2.31. The molecule has 2 heterocycles. The van der Waals surface area contributed by atoms with Gasteiger partial charge in [0, 0.05) is 22.1 Å². The maximum atomic E-state index is 11.4. The Bertz CT molecular complexity index is 893. The molecule has 0 saturated heterocycles. The Morgan fingerprint density at radius 1 is 1.17 bits per heavy atom. The molecular weight excluding hydrogens is 314 g/mol. The quantitative estimate of drug-likeness (QED) is 0.770. The smallest absolute Gasteiger partial charge is 0.354 e. The van der Waals surface area contributed by atoms with Gasteiger partial charge in [-0.15, -0.1) is 0 Å². The molecule has 1 aromatic carbocycles. The molecule has 3 aromatic rings. The molecule has 6 heteroatoms. The number of fused-ring (bicyclic) bond motifs is 1. The fourth-order valence-electron chi connectivity index (χ4n) is 2.28. The van der Waals surface area contributed by atoms with Crippen LogP contribution in [0.1, 0.15) is 37.0 Å². The van der Waals surface area contributed by atoms with Crippen molar-refractivity contribution in [2.45, 2.75) is 26.2 Å². The summed E-state index contributed by atoms with van der Waals surface area (Å²) in [4.78, 5) is 15.6. The van der Waals surface area contributed by atoms with Gasteiger partial charge in [-0.2, -0.15) is 5.10 Å². The molecule has 118 valence electrons. The lowest BCUT2D eigenvalue weighted by Gasteiger charge is -2.13. The summed E-state index contributed by atoms with van der Waals surface area (Å²) in [6, 6.07) is 10.5. The van der Waals surface area contributed by atoms with Crippen molar-refractivity contribution in [2.75, 3.05) is 0 Å². The number of aromatic nitrogens is 3. The molecule has 2 aromatic heterocycles. The second kappa shape index (κ2) is 5.35. The van der Waals surface area contributed by atoms with Crippen molar-refractivity contribution in [2.24, 2.45) is 0 Å². The van der Waals surface area contributed by atoms with Crippen LogP contribution in [0.4, 0.5) is 0 Å². The minimum absolute atomic E-state index is 0.0113. The SMILES string of the molecule is CC(C)(C)c1cc2nc(C(=O)O)cc(-c3ccc(Cl)cc3)n2n1. The maximum Gasteiger partial charge on any atom is 0.354 e. The number of nitrogens with zero attached hydrogens (tertiary/aromatic N) is 3. The predicted molar refractivity (Wildman–Crippen MR) is 89.1 cm³/mol.